The maximum Gasteiger partial charge on any atom is 0.213 e. The summed E-state index contributed by atoms with van der Waals surface area (Å²) < 4.78 is 8.50. The molecule has 1 saturated carbocycles. The van der Waals surface area contributed by atoms with Crippen molar-refractivity contribution in [2.45, 2.75) is 50.5 Å². The highest BCUT2D eigenvalue weighted by Gasteiger charge is 2.32. The molecule has 3 aromatic rings. The SMILES string of the molecule is CN1CCN(CC2Cc3cc(Cl)ccc3-n3c(nnc3C3CCC(Oc4ccccn4)CC3)C2)CC1. The van der Waals surface area contributed by atoms with Crippen molar-refractivity contribution in [1.82, 2.24) is 29.5 Å². The van der Waals surface area contributed by atoms with Crippen molar-refractivity contribution in [1.29, 1.82) is 0 Å². The zero-order valence-corrected chi connectivity index (χ0v) is 21.8. The fourth-order valence-electron chi connectivity index (χ4n) is 6.12. The molecule has 190 valence electrons. The zero-order chi connectivity index (χ0) is 24.5. The van der Waals surface area contributed by atoms with E-state index in [1.165, 1.54) is 11.3 Å². The number of fused-ring (bicyclic) bond motifs is 3. The third-order valence-electron chi connectivity index (χ3n) is 8.09. The highest BCUT2D eigenvalue weighted by molar-refractivity contribution is 6.30. The van der Waals surface area contributed by atoms with Gasteiger partial charge < -0.3 is 14.5 Å². The minimum Gasteiger partial charge on any atom is -0.474 e. The van der Waals surface area contributed by atoms with Gasteiger partial charge in [-0.1, -0.05) is 17.7 Å². The first-order valence-corrected chi connectivity index (χ1v) is 13.7. The fraction of sp³-hybridized carbons (Fsp3) is 0.536. The molecule has 0 radical (unpaired) electrons. The van der Waals surface area contributed by atoms with Gasteiger partial charge in [0.2, 0.25) is 5.88 Å². The number of hydrogen-bond donors (Lipinski definition) is 0. The van der Waals surface area contributed by atoms with Gasteiger partial charge in [-0.3, -0.25) is 4.57 Å². The van der Waals surface area contributed by atoms with Gasteiger partial charge in [-0.2, -0.15) is 0 Å². The highest BCUT2D eigenvalue weighted by Crippen LogP contribution is 2.37. The molecule has 0 N–H and O–H groups in total. The summed E-state index contributed by atoms with van der Waals surface area (Å²) in [7, 11) is 2.21. The predicted molar refractivity (Wildman–Crippen MR) is 141 cm³/mol. The van der Waals surface area contributed by atoms with Crippen LogP contribution in [0.2, 0.25) is 5.02 Å². The fourth-order valence-corrected chi connectivity index (χ4v) is 6.31. The van der Waals surface area contributed by atoms with Gasteiger partial charge in [0.05, 0.1) is 5.69 Å². The van der Waals surface area contributed by atoms with Crippen molar-refractivity contribution >= 4 is 11.6 Å². The maximum absolute atomic E-state index is 6.48. The molecule has 0 amide bonds. The molecule has 0 bridgehead atoms. The Bertz CT molecular complexity index is 1170. The third-order valence-corrected chi connectivity index (χ3v) is 8.33. The van der Waals surface area contributed by atoms with E-state index in [9.17, 15) is 0 Å². The molecule has 0 spiro atoms. The van der Waals surface area contributed by atoms with Gasteiger partial charge in [-0.25, -0.2) is 4.98 Å². The van der Waals surface area contributed by atoms with Gasteiger partial charge in [0.15, 0.2) is 0 Å². The zero-order valence-electron chi connectivity index (χ0n) is 21.0. The average Bonchev–Trinajstić information content (AvgIpc) is 3.23. The molecule has 3 aliphatic rings. The molecular formula is C28H35ClN6O. The van der Waals surface area contributed by atoms with E-state index in [4.69, 9.17) is 26.5 Å². The molecule has 1 aromatic carbocycles. The number of benzene rings is 1. The number of ether oxygens (including phenoxy) is 1. The molecule has 2 aliphatic heterocycles. The number of rotatable bonds is 5. The largest absolute Gasteiger partial charge is 0.474 e. The number of pyridine rings is 1. The summed E-state index contributed by atoms with van der Waals surface area (Å²) in [5, 5.41) is 10.4. The van der Waals surface area contributed by atoms with Crippen molar-refractivity contribution in [3.05, 3.63) is 64.8 Å². The average molecular weight is 507 g/mol. The highest BCUT2D eigenvalue weighted by atomic mass is 35.5. The van der Waals surface area contributed by atoms with E-state index in [1.807, 2.05) is 24.3 Å². The summed E-state index contributed by atoms with van der Waals surface area (Å²) in [6.07, 6.45) is 8.06. The van der Waals surface area contributed by atoms with Crippen LogP contribution in [-0.2, 0) is 12.8 Å². The number of halogens is 1. The van der Waals surface area contributed by atoms with Gasteiger partial charge in [-0.05, 0) is 74.9 Å². The second kappa shape index (κ2) is 10.5. The maximum atomic E-state index is 6.48. The third kappa shape index (κ3) is 5.15. The summed E-state index contributed by atoms with van der Waals surface area (Å²) in [6, 6.07) is 12.2. The van der Waals surface area contributed by atoms with Crippen LogP contribution >= 0.6 is 11.6 Å². The lowest BCUT2D eigenvalue weighted by molar-refractivity contribution is 0.135. The topological polar surface area (TPSA) is 59.3 Å². The van der Waals surface area contributed by atoms with Crippen LogP contribution in [0.15, 0.2) is 42.6 Å². The monoisotopic (exact) mass is 506 g/mol. The summed E-state index contributed by atoms with van der Waals surface area (Å²) in [5.41, 5.74) is 2.52. The van der Waals surface area contributed by atoms with Crippen LogP contribution in [-0.4, -0.2) is 75.4 Å². The molecule has 2 fully saturated rings. The Labute approximate surface area is 218 Å². The van der Waals surface area contributed by atoms with Crippen LogP contribution in [0.25, 0.3) is 5.69 Å². The van der Waals surface area contributed by atoms with E-state index in [1.54, 1.807) is 6.20 Å². The number of nitrogens with zero attached hydrogens (tertiary/aromatic N) is 6. The molecule has 36 heavy (non-hydrogen) atoms. The lowest BCUT2D eigenvalue weighted by Crippen LogP contribution is -2.46. The van der Waals surface area contributed by atoms with E-state index < -0.39 is 0 Å². The molecule has 7 nitrogen and oxygen atoms in total. The van der Waals surface area contributed by atoms with Gasteiger partial charge in [0.1, 0.15) is 17.8 Å². The van der Waals surface area contributed by atoms with Crippen LogP contribution in [0.1, 0.15) is 48.8 Å². The molecule has 1 saturated heterocycles. The Morgan fingerprint density at radius 3 is 2.58 bits per heavy atom. The van der Waals surface area contributed by atoms with Gasteiger partial charge in [0, 0.05) is 62.3 Å². The molecule has 8 heteroatoms. The van der Waals surface area contributed by atoms with E-state index in [0.29, 0.717) is 11.8 Å². The first-order chi connectivity index (χ1) is 17.6. The standard InChI is InChI=1S/C28H35ClN6O/c1-33-12-14-34(15-13-33)19-20-16-22-18-23(29)7-10-25(22)35-26(17-20)31-32-28(35)21-5-8-24(9-6-21)36-27-4-2-3-11-30-27/h2-4,7,10-11,18,20-21,24H,5-6,8-9,12-17,19H2,1H3. The van der Waals surface area contributed by atoms with E-state index >= 15 is 0 Å². The first kappa shape index (κ1) is 23.9. The van der Waals surface area contributed by atoms with Crippen molar-refractivity contribution in [2.24, 2.45) is 5.92 Å². The molecular weight excluding hydrogens is 472 g/mol. The number of hydrogen-bond acceptors (Lipinski definition) is 6. The Morgan fingerprint density at radius 1 is 0.972 bits per heavy atom. The van der Waals surface area contributed by atoms with Crippen LogP contribution in [0.3, 0.4) is 0 Å². The molecule has 1 aliphatic carbocycles. The van der Waals surface area contributed by atoms with Crippen LogP contribution in [0, 0.1) is 5.92 Å². The summed E-state index contributed by atoms with van der Waals surface area (Å²) >= 11 is 6.48. The van der Waals surface area contributed by atoms with Gasteiger partial charge >= 0.3 is 0 Å². The van der Waals surface area contributed by atoms with Gasteiger partial charge in [0.25, 0.3) is 0 Å². The molecule has 4 heterocycles. The lowest BCUT2D eigenvalue weighted by atomic mass is 9.86. The Morgan fingerprint density at radius 2 is 1.81 bits per heavy atom. The van der Waals surface area contributed by atoms with Crippen molar-refractivity contribution in [2.75, 3.05) is 39.8 Å². The normalized spacial score (nSPS) is 25.1. The summed E-state index contributed by atoms with van der Waals surface area (Å²) in [6.45, 7) is 5.65. The van der Waals surface area contributed by atoms with Crippen molar-refractivity contribution in [3.63, 3.8) is 0 Å². The Balaban J connectivity index is 1.21. The number of likely N-dealkylation sites (N-methyl/N-ethyl adjacent to an activating group) is 1. The summed E-state index contributed by atoms with van der Waals surface area (Å²) in [5.74, 6) is 3.80. The van der Waals surface area contributed by atoms with E-state index in [2.05, 4.69) is 38.5 Å². The predicted octanol–water partition coefficient (Wildman–Crippen LogP) is 4.38. The molecule has 6 rings (SSSR count). The smallest absolute Gasteiger partial charge is 0.213 e. The van der Waals surface area contributed by atoms with Crippen LogP contribution in [0.4, 0.5) is 0 Å². The summed E-state index contributed by atoms with van der Waals surface area (Å²) in [4.78, 5) is 9.36. The van der Waals surface area contributed by atoms with E-state index in [-0.39, 0.29) is 6.10 Å². The van der Waals surface area contributed by atoms with Gasteiger partial charge in [-0.15, -0.1) is 10.2 Å². The molecule has 1 unspecified atom stereocenters. The second-order valence-electron chi connectivity index (χ2n) is 10.7. The van der Waals surface area contributed by atoms with E-state index in [0.717, 1.165) is 93.8 Å². The lowest BCUT2D eigenvalue weighted by Gasteiger charge is -2.34. The Hall–Kier alpha value is -2.48. The molecule has 1 atom stereocenters. The number of piperazine rings is 1. The minimum atomic E-state index is 0.210. The Kier molecular flexibility index (Phi) is 6.96. The first-order valence-electron chi connectivity index (χ1n) is 13.3. The quantitative estimate of drug-likeness (QED) is 0.511. The minimum absolute atomic E-state index is 0.210. The van der Waals surface area contributed by atoms with Crippen molar-refractivity contribution in [3.8, 4) is 11.6 Å². The van der Waals surface area contributed by atoms with Crippen LogP contribution in [0.5, 0.6) is 5.88 Å². The second-order valence-corrected chi connectivity index (χ2v) is 11.2. The van der Waals surface area contributed by atoms with Crippen LogP contribution < -0.4 is 4.74 Å². The molecule has 2 aromatic heterocycles. The number of aromatic nitrogens is 4. The van der Waals surface area contributed by atoms with Crippen molar-refractivity contribution < 1.29 is 4.74 Å².